The number of carbonyl (C=O) groups is 2. The molecule has 0 unspecified atom stereocenters. The molecule has 1 N–H and O–H groups in total. The van der Waals surface area contributed by atoms with E-state index in [9.17, 15) is 9.59 Å². The minimum absolute atomic E-state index is 0.311. The number of benzene rings is 1. The maximum absolute atomic E-state index is 12.1. The summed E-state index contributed by atoms with van der Waals surface area (Å²) in [7, 11) is 1.87. The van der Waals surface area contributed by atoms with Gasteiger partial charge in [0, 0.05) is 39.0 Å². The molecular weight excluding hydrogens is 396 g/mol. The maximum Gasteiger partial charge on any atom is 0.514 e. The number of aliphatic carboxylic acids is 1. The molecular formula is C20H30O8Si. The fraction of sp³-hybridized carbons (Fsp3) is 0.500. The molecule has 0 aromatic heterocycles. The van der Waals surface area contributed by atoms with Gasteiger partial charge in [-0.1, -0.05) is 12.1 Å². The quantitative estimate of drug-likeness (QED) is 0.260. The van der Waals surface area contributed by atoms with E-state index in [0.717, 1.165) is 6.08 Å². The van der Waals surface area contributed by atoms with E-state index in [0.29, 0.717) is 35.8 Å². The summed E-state index contributed by atoms with van der Waals surface area (Å²) < 4.78 is 26.9. The van der Waals surface area contributed by atoms with Gasteiger partial charge in [-0.25, -0.2) is 9.59 Å². The molecule has 8 nitrogen and oxygen atoms in total. The standard InChI is InChI=1S/C20H30O8Si/c1-20(2,3)28-19(23)27-17-11-7-9-15(12-13-18(21)22)16(17)10-8-14-29(24-4,25-5)26-6/h7,9,11-13H,8,10,14H2,1-6H3,(H,21,22)/b13-12+. The Kier molecular flexibility index (Phi) is 9.51. The van der Waals surface area contributed by atoms with Gasteiger partial charge in [-0.2, -0.15) is 0 Å². The molecule has 0 aliphatic carbocycles. The summed E-state index contributed by atoms with van der Waals surface area (Å²) in [6.45, 7) is 5.23. The van der Waals surface area contributed by atoms with Gasteiger partial charge in [-0.05, 0) is 51.3 Å². The van der Waals surface area contributed by atoms with Crippen molar-refractivity contribution in [2.75, 3.05) is 21.3 Å². The number of carboxylic acid groups (broad SMARTS) is 1. The van der Waals surface area contributed by atoms with Crippen LogP contribution < -0.4 is 4.74 Å². The Morgan fingerprint density at radius 1 is 1.10 bits per heavy atom. The summed E-state index contributed by atoms with van der Waals surface area (Å²) in [4.78, 5) is 23.0. The van der Waals surface area contributed by atoms with Crippen LogP contribution in [0.4, 0.5) is 4.79 Å². The highest BCUT2D eigenvalue weighted by molar-refractivity contribution is 6.60. The molecule has 0 atom stereocenters. The summed E-state index contributed by atoms with van der Waals surface area (Å²) >= 11 is 0. The second-order valence-corrected chi connectivity index (χ2v) is 10.3. The van der Waals surface area contributed by atoms with Crippen molar-refractivity contribution in [3.8, 4) is 5.75 Å². The number of hydrogen-bond acceptors (Lipinski definition) is 7. The van der Waals surface area contributed by atoms with Crippen LogP contribution >= 0.6 is 0 Å². The highest BCUT2D eigenvalue weighted by atomic mass is 28.4. The zero-order chi connectivity index (χ0) is 22.1. The van der Waals surface area contributed by atoms with E-state index >= 15 is 0 Å². The number of carboxylic acids is 1. The summed E-state index contributed by atoms with van der Waals surface area (Å²) in [6, 6.07) is 5.62. The molecule has 0 bridgehead atoms. The first-order valence-electron chi connectivity index (χ1n) is 9.15. The van der Waals surface area contributed by atoms with E-state index < -0.39 is 26.5 Å². The third kappa shape index (κ3) is 8.36. The zero-order valence-corrected chi connectivity index (χ0v) is 18.8. The number of ether oxygens (including phenoxy) is 2. The van der Waals surface area contributed by atoms with Crippen LogP contribution in [-0.4, -0.2) is 53.0 Å². The van der Waals surface area contributed by atoms with Gasteiger partial charge in [0.2, 0.25) is 0 Å². The second kappa shape index (κ2) is 11.1. The van der Waals surface area contributed by atoms with Crippen molar-refractivity contribution in [3.63, 3.8) is 0 Å². The molecule has 0 amide bonds. The van der Waals surface area contributed by atoms with E-state index in [-0.39, 0.29) is 0 Å². The molecule has 1 rings (SSSR count). The summed E-state index contributed by atoms with van der Waals surface area (Å²) in [5, 5.41) is 8.95. The zero-order valence-electron chi connectivity index (χ0n) is 17.8. The number of carbonyl (C=O) groups excluding carboxylic acids is 1. The third-order valence-corrected chi connectivity index (χ3v) is 6.83. The molecule has 0 aliphatic rings. The second-order valence-electron chi connectivity index (χ2n) is 7.21. The van der Waals surface area contributed by atoms with Crippen molar-refractivity contribution in [1.29, 1.82) is 0 Å². The van der Waals surface area contributed by atoms with Crippen molar-refractivity contribution in [1.82, 2.24) is 0 Å². The molecule has 0 fully saturated rings. The van der Waals surface area contributed by atoms with E-state index in [1.165, 1.54) is 6.08 Å². The Balaban J connectivity index is 3.11. The van der Waals surface area contributed by atoms with Gasteiger partial charge in [-0.3, -0.25) is 0 Å². The number of hydrogen-bond donors (Lipinski definition) is 1. The molecule has 162 valence electrons. The average Bonchev–Trinajstić information content (AvgIpc) is 2.63. The van der Waals surface area contributed by atoms with Crippen LogP contribution in [0.25, 0.3) is 6.08 Å². The van der Waals surface area contributed by atoms with Gasteiger partial charge in [0.15, 0.2) is 0 Å². The van der Waals surface area contributed by atoms with Gasteiger partial charge >= 0.3 is 20.9 Å². The van der Waals surface area contributed by atoms with Gasteiger partial charge in [-0.15, -0.1) is 0 Å². The summed E-state index contributed by atoms with van der Waals surface area (Å²) in [5.74, 6) is -0.759. The van der Waals surface area contributed by atoms with Crippen molar-refractivity contribution >= 4 is 27.0 Å². The van der Waals surface area contributed by atoms with Gasteiger partial charge in [0.05, 0.1) is 0 Å². The van der Waals surface area contributed by atoms with Gasteiger partial charge in [0.25, 0.3) is 0 Å². The van der Waals surface area contributed by atoms with Crippen LogP contribution in [0.5, 0.6) is 5.75 Å². The summed E-state index contributed by atoms with van der Waals surface area (Å²) in [6.07, 6.45) is 2.78. The lowest BCUT2D eigenvalue weighted by Gasteiger charge is -2.24. The van der Waals surface area contributed by atoms with Gasteiger partial charge < -0.3 is 27.9 Å². The maximum atomic E-state index is 12.1. The largest absolute Gasteiger partial charge is 0.514 e. The predicted octanol–water partition coefficient (Wildman–Crippen LogP) is 3.91. The average molecular weight is 427 g/mol. The first-order valence-corrected chi connectivity index (χ1v) is 11.1. The van der Waals surface area contributed by atoms with Crippen LogP contribution in [0, 0.1) is 0 Å². The predicted molar refractivity (Wildman–Crippen MR) is 110 cm³/mol. The Morgan fingerprint density at radius 3 is 2.24 bits per heavy atom. The van der Waals surface area contributed by atoms with E-state index in [2.05, 4.69) is 0 Å². The first kappa shape index (κ1) is 24.8. The van der Waals surface area contributed by atoms with E-state index in [1.807, 2.05) is 0 Å². The lowest BCUT2D eigenvalue weighted by atomic mass is 10.0. The SMILES string of the molecule is CO[Si](CCCc1c(/C=C/C(=O)O)cccc1OC(=O)OC(C)(C)C)(OC)OC. The highest BCUT2D eigenvalue weighted by Crippen LogP contribution is 2.28. The van der Waals surface area contributed by atoms with Crippen LogP contribution in [0.2, 0.25) is 6.04 Å². The Bertz CT molecular complexity index is 711. The van der Waals surface area contributed by atoms with E-state index in [1.54, 1.807) is 60.3 Å². The smallest absolute Gasteiger partial charge is 0.478 e. The minimum Gasteiger partial charge on any atom is -0.478 e. The molecule has 0 spiro atoms. The van der Waals surface area contributed by atoms with Gasteiger partial charge in [0.1, 0.15) is 11.4 Å². The molecule has 9 heteroatoms. The monoisotopic (exact) mass is 426 g/mol. The Hall–Kier alpha value is -2.20. The Labute approximate surface area is 172 Å². The molecule has 0 radical (unpaired) electrons. The van der Waals surface area contributed by atoms with Crippen molar-refractivity contribution in [3.05, 3.63) is 35.4 Å². The van der Waals surface area contributed by atoms with Crippen LogP contribution in [-0.2, 0) is 29.2 Å². The minimum atomic E-state index is -2.75. The van der Waals surface area contributed by atoms with Crippen molar-refractivity contribution < 1.29 is 37.4 Å². The first-order chi connectivity index (χ1) is 13.6. The molecule has 0 saturated heterocycles. The van der Waals surface area contributed by atoms with E-state index in [4.69, 9.17) is 27.9 Å². The molecule has 1 aromatic carbocycles. The topological polar surface area (TPSA) is 101 Å². The molecule has 1 aromatic rings. The fourth-order valence-electron chi connectivity index (χ4n) is 2.66. The highest BCUT2D eigenvalue weighted by Gasteiger charge is 2.37. The third-order valence-electron chi connectivity index (χ3n) is 4.00. The lowest BCUT2D eigenvalue weighted by Crippen LogP contribution is -2.42. The molecule has 0 aliphatic heterocycles. The van der Waals surface area contributed by atoms with Crippen molar-refractivity contribution in [2.24, 2.45) is 0 Å². The van der Waals surface area contributed by atoms with Crippen molar-refractivity contribution in [2.45, 2.75) is 45.3 Å². The van der Waals surface area contributed by atoms with Crippen LogP contribution in [0.1, 0.15) is 38.3 Å². The number of rotatable bonds is 10. The lowest BCUT2D eigenvalue weighted by molar-refractivity contribution is -0.131. The molecule has 0 heterocycles. The normalized spacial score (nSPS) is 12.2. The molecule has 29 heavy (non-hydrogen) atoms. The molecule has 0 saturated carbocycles. The van der Waals surface area contributed by atoms with Crippen LogP contribution in [0.3, 0.4) is 0 Å². The fourth-order valence-corrected chi connectivity index (χ4v) is 4.38. The Morgan fingerprint density at radius 2 is 1.72 bits per heavy atom. The summed E-state index contributed by atoms with van der Waals surface area (Å²) in [5.41, 5.74) is 0.619. The van der Waals surface area contributed by atoms with Crippen LogP contribution in [0.15, 0.2) is 24.3 Å².